The summed E-state index contributed by atoms with van der Waals surface area (Å²) in [5.74, 6) is -0.291. The molecule has 0 spiro atoms. The first-order chi connectivity index (χ1) is 14.3. The molecule has 0 saturated carbocycles. The third-order valence-electron chi connectivity index (χ3n) is 5.85. The van der Waals surface area contributed by atoms with Crippen LogP contribution in [0.15, 0.2) is 54.9 Å². The van der Waals surface area contributed by atoms with Crippen LogP contribution < -0.4 is 5.32 Å². The van der Waals surface area contributed by atoms with E-state index in [1.54, 1.807) is 6.07 Å². The molecule has 3 aromatic rings. The van der Waals surface area contributed by atoms with Crippen molar-refractivity contribution in [2.45, 2.75) is 45.6 Å². The molecule has 4 rings (SSSR count). The first-order valence-electron chi connectivity index (χ1n) is 10.1. The molecule has 1 aromatic heterocycles. The normalized spacial score (nSPS) is 14.5. The Morgan fingerprint density at radius 3 is 2.77 bits per heavy atom. The third-order valence-corrected chi connectivity index (χ3v) is 5.85. The Balaban J connectivity index is 1.42. The second-order valence-electron chi connectivity index (χ2n) is 8.32. The van der Waals surface area contributed by atoms with Crippen LogP contribution in [0.4, 0.5) is 0 Å². The lowest BCUT2D eigenvalue weighted by molar-refractivity contribution is 0.0535. The van der Waals surface area contributed by atoms with Crippen molar-refractivity contribution in [3.8, 4) is 0 Å². The summed E-state index contributed by atoms with van der Waals surface area (Å²) in [7, 11) is 0. The second-order valence-corrected chi connectivity index (χ2v) is 8.32. The number of aliphatic hydroxyl groups excluding tert-OH is 1. The summed E-state index contributed by atoms with van der Waals surface area (Å²) in [4.78, 5) is 11.7. The van der Waals surface area contributed by atoms with Gasteiger partial charge in [0, 0.05) is 29.4 Å². The lowest BCUT2D eigenvalue weighted by Gasteiger charge is -2.27. The molecule has 6 heteroatoms. The molecule has 2 aromatic carbocycles. The Labute approximate surface area is 176 Å². The molecule has 1 aliphatic rings. The molecule has 1 unspecified atom stereocenters. The molecular weight excluding hydrogens is 378 g/mol. The fourth-order valence-electron chi connectivity index (χ4n) is 3.84. The van der Waals surface area contributed by atoms with Gasteiger partial charge in [-0.25, -0.2) is 4.79 Å². The predicted octanol–water partition coefficient (Wildman–Crippen LogP) is 3.47. The van der Waals surface area contributed by atoms with Gasteiger partial charge in [0.25, 0.3) is 0 Å². The summed E-state index contributed by atoms with van der Waals surface area (Å²) in [5, 5.41) is 18.7. The van der Waals surface area contributed by atoms with E-state index >= 15 is 0 Å². The van der Waals surface area contributed by atoms with E-state index in [2.05, 4.69) is 36.4 Å². The maximum absolute atomic E-state index is 11.7. The number of hydrogen-bond donors (Lipinski definition) is 2. The van der Waals surface area contributed by atoms with E-state index in [9.17, 15) is 9.90 Å². The summed E-state index contributed by atoms with van der Waals surface area (Å²) in [6.45, 7) is 7.45. The molecule has 30 heavy (non-hydrogen) atoms. The molecule has 2 heterocycles. The number of carbonyl (C=O) groups excluding carboxylic acids is 1. The number of benzene rings is 2. The number of nitrogens with zero attached hydrogens (tertiary/aromatic N) is 2. The average molecular weight is 405 g/mol. The lowest BCUT2D eigenvalue weighted by atomic mass is 9.93. The van der Waals surface area contributed by atoms with E-state index in [-0.39, 0.29) is 18.1 Å². The Kier molecular flexibility index (Phi) is 5.45. The van der Waals surface area contributed by atoms with Crippen molar-refractivity contribution in [2.24, 2.45) is 0 Å². The first kappa shape index (κ1) is 20.3. The number of aliphatic hydroxyl groups is 1. The Hall–Kier alpha value is -2.96. The van der Waals surface area contributed by atoms with Gasteiger partial charge in [-0.2, -0.15) is 5.10 Å². The van der Waals surface area contributed by atoms with Crippen LogP contribution in [-0.2, 0) is 23.4 Å². The largest absolute Gasteiger partial charge is 0.457 e. The number of carbonyl (C=O) groups is 1. The van der Waals surface area contributed by atoms with Gasteiger partial charge >= 0.3 is 5.97 Å². The average Bonchev–Trinajstić information content (AvgIpc) is 3.35. The zero-order chi connectivity index (χ0) is 21.3. The Morgan fingerprint density at radius 2 is 2.00 bits per heavy atom. The molecular formula is C24H27N3O3. The highest BCUT2D eigenvalue weighted by atomic mass is 16.5. The van der Waals surface area contributed by atoms with Crippen molar-refractivity contribution in [1.82, 2.24) is 15.1 Å². The topological polar surface area (TPSA) is 76.4 Å². The maximum atomic E-state index is 11.7. The van der Waals surface area contributed by atoms with Crippen LogP contribution in [0.5, 0.6) is 0 Å². The van der Waals surface area contributed by atoms with Crippen molar-refractivity contribution >= 4 is 5.97 Å². The molecule has 0 saturated heterocycles. The van der Waals surface area contributed by atoms with Crippen molar-refractivity contribution in [3.63, 3.8) is 0 Å². The molecule has 1 atom stereocenters. The van der Waals surface area contributed by atoms with Gasteiger partial charge < -0.3 is 15.2 Å². The summed E-state index contributed by atoms with van der Waals surface area (Å²) in [5.41, 5.74) is 5.09. The summed E-state index contributed by atoms with van der Waals surface area (Å²) < 4.78 is 7.03. The number of nitrogens with one attached hydrogen (secondary N) is 1. The first-order valence-corrected chi connectivity index (χ1v) is 10.1. The quantitative estimate of drug-likeness (QED) is 0.589. The van der Waals surface area contributed by atoms with E-state index < -0.39 is 6.10 Å². The van der Waals surface area contributed by atoms with Crippen molar-refractivity contribution < 1.29 is 14.6 Å². The summed E-state index contributed by atoms with van der Waals surface area (Å²) in [6, 6.07) is 13.8. The van der Waals surface area contributed by atoms with Gasteiger partial charge in [0.05, 0.1) is 24.4 Å². The standard InChI is InChI=1S/C24H27N3O3/c1-16-19(9-10-20-21(16)15-30-23(20)29)22(28)12-25-24(2,3)18-11-26-27(14-18)13-17-7-5-4-6-8-17/h4-11,14,22,25,28H,12-13,15H2,1-3H3. The number of hydrogen-bond acceptors (Lipinski definition) is 5. The van der Waals surface area contributed by atoms with Gasteiger partial charge in [0.2, 0.25) is 0 Å². The molecule has 156 valence electrons. The maximum Gasteiger partial charge on any atom is 0.338 e. The fourth-order valence-corrected chi connectivity index (χ4v) is 3.84. The van der Waals surface area contributed by atoms with E-state index in [0.29, 0.717) is 18.7 Å². The van der Waals surface area contributed by atoms with Crippen LogP contribution in [0, 0.1) is 6.92 Å². The molecule has 0 amide bonds. The number of aromatic nitrogens is 2. The van der Waals surface area contributed by atoms with Crippen LogP contribution in [-0.4, -0.2) is 27.4 Å². The van der Waals surface area contributed by atoms with E-state index in [0.717, 1.165) is 22.3 Å². The number of fused-ring (bicyclic) bond motifs is 1. The van der Waals surface area contributed by atoms with Gasteiger partial charge in [-0.05, 0) is 43.5 Å². The van der Waals surface area contributed by atoms with Crippen LogP contribution in [0.25, 0.3) is 0 Å². The molecule has 1 aliphatic heterocycles. The smallest absolute Gasteiger partial charge is 0.338 e. The number of rotatable bonds is 7. The highest BCUT2D eigenvalue weighted by Crippen LogP contribution is 2.29. The second kappa shape index (κ2) is 8.05. The fraction of sp³-hybridized carbons (Fsp3) is 0.333. The lowest BCUT2D eigenvalue weighted by Crippen LogP contribution is -2.39. The van der Waals surface area contributed by atoms with Gasteiger partial charge in [0.15, 0.2) is 0 Å². The van der Waals surface area contributed by atoms with Gasteiger partial charge in [-0.3, -0.25) is 4.68 Å². The number of esters is 1. The highest BCUT2D eigenvalue weighted by molar-refractivity contribution is 5.93. The molecule has 0 fully saturated rings. The van der Waals surface area contributed by atoms with E-state index in [1.807, 2.05) is 48.3 Å². The number of cyclic esters (lactones) is 1. The monoisotopic (exact) mass is 405 g/mol. The van der Waals surface area contributed by atoms with Crippen molar-refractivity contribution in [2.75, 3.05) is 6.54 Å². The van der Waals surface area contributed by atoms with Gasteiger partial charge in [-0.15, -0.1) is 0 Å². The minimum atomic E-state index is -0.690. The minimum Gasteiger partial charge on any atom is -0.457 e. The highest BCUT2D eigenvalue weighted by Gasteiger charge is 2.27. The number of ether oxygens (including phenoxy) is 1. The summed E-state index contributed by atoms with van der Waals surface area (Å²) in [6.07, 6.45) is 3.21. The minimum absolute atomic E-state index is 0.278. The van der Waals surface area contributed by atoms with Crippen molar-refractivity contribution in [1.29, 1.82) is 0 Å². The van der Waals surface area contributed by atoms with Crippen molar-refractivity contribution in [3.05, 3.63) is 88.2 Å². The third kappa shape index (κ3) is 4.01. The zero-order valence-electron chi connectivity index (χ0n) is 17.6. The molecule has 0 radical (unpaired) electrons. The van der Waals surface area contributed by atoms with Crippen LogP contribution in [0.2, 0.25) is 0 Å². The van der Waals surface area contributed by atoms with E-state index in [1.165, 1.54) is 5.56 Å². The Bertz CT molecular complexity index is 1060. The van der Waals surface area contributed by atoms with Crippen LogP contribution in [0.1, 0.15) is 58.1 Å². The Morgan fingerprint density at radius 1 is 1.23 bits per heavy atom. The SMILES string of the molecule is Cc1c(C(O)CNC(C)(C)c2cnn(Cc3ccccc3)c2)ccc2c1COC2=O. The van der Waals surface area contributed by atoms with Gasteiger partial charge in [-0.1, -0.05) is 36.4 Å². The zero-order valence-corrected chi connectivity index (χ0v) is 17.6. The molecule has 0 aliphatic carbocycles. The predicted molar refractivity (Wildman–Crippen MR) is 114 cm³/mol. The van der Waals surface area contributed by atoms with E-state index in [4.69, 9.17) is 4.74 Å². The molecule has 6 nitrogen and oxygen atoms in total. The summed E-state index contributed by atoms with van der Waals surface area (Å²) >= 11 is 0. The van der Waals surface area contributed by atoms with Gasteiger partial charge in [0.1, 0.15) is 6.61 Å². The molecule has 2 N–H and O–H groups in total. The van der Waals surface area contributed by atoms with Crippen LogP contribution in [0.3, 0.4) is 0 Å². The molecule has 0 bridgehead atoms. The van der Waals surface area contributed by atoms with Crippen LogP contribution >= 0.6 is 0 Å².